The highest BCUT2D eigenvalue weighted by Gasteiger charge is 2.42. The number of urea groups is 1. The van der Waals surface area contributed by atoms with Crippen molar-refractivity contribution in [1.29, 1.82) is 0 Å². The lowest BCUT2D eigenvalue weighted by atomic mass is 9.81. The second-order valence-corrected chi connectivity index (χ2v) is 8.13. The van der Waals surface area contributed by atoms with Crippen molar-refractivity contribution >= 4 is 11.7 Å². The molecule has 24 heavy (non-hydrogen) atoms. The first-order valence-corrected chi connectivity index (χ1v) is 9.51. The number of carbonyl (C=O) groups excluding carboxylic acids is 1. The Bertz CT molecular complexity index is 541. The van der Waals surface area contributed by atoms with Gasteiger partial charge in [-0.3, -0.25) is 0 Å². The van der Waals surface area contributed by atoms with Crippen LogP contribution in [-0.4, -0.2) is 30.7 Å². The Balaban J connectivity index is 1.55. The highest BCUT2D eigenvalue weighted by Crippen LogP contribution is 2.22. The lowest BCUT2D eigenvalue weighted by Crippen LogP contribution is -3.21. The molecule has 0 aliphatic carbocycles. The summed E-state index contributed by atoms with van der Waals surface area (Å²) in [6.07, 6.45) is 6.24. The molecule has 1 aromatic carbocycles. The van der Waals surface area contributed by atoms with Gasteiger partial charge in [0.05, 0.1) is 18.6 Å². The van der Waals surface area contributed by atoms with Gasteiger partial charge >= 0.3 is 6.03 Å². The van der Waals surface area contributed by atoms with Crippen molar-refractivity contribution in [2.45, 2.75) is 71.0 Å². The molecule has 2 aliphatic rings. The van der Waals surface area contributed by atoms with Gasteiger partial charge in [-0.25, -0.2) is 4.79 Å². The van der Waals surface area contributed by atoms with Gasteiger partial charge in [0, 0.05) is 30.5 Å². The zero-order valence-electron chi connectivity index (χ0n) is 15.3. The molecule has 2 heterocycles. The average Bonchev–Trinajstić information content (AvgIpc) is 2.50. The van der Waals surface area contributed by atoms with Crippen LogP contribution < -0.4 is 15.5 Å². The number of carbonyl (C=O) groups is 1. The Morgan fingerprint density at radius 1 is 1.17 bits per heavy atom. The second-order valence-electron chi connectivity index (χ2n) is 8.13. The molecule has 0 radical (unpaired) electrons. The van der Waals surface area contributed by atoms with Gasteiger partial charge in [0.25, 0.3) is 0 Å². The van der Waals surface area contributed by atoms with E-state index in [1.54, 1.807) is 4.90 Å². The predicted octanol–water partition coefficient (Wildman–Crippen LogP) is 2.74. The molecule has 4 atom stereocenters. The lowest BCUT2D eigenvalue weighted by Gasteiger charge is -2.46. The molecule has 3 rings (SSSR count). The number of fused-ring (bicyclic) bond motifs is 2. The molecule has 2 saturated heterocycles. The fourth-order valence-electron chi connectivity index (χ4n) is 4.55. The molecule has 2 fully saturated rings. The van der Waals surface area contributed by atoms with E-state index >= 15 is 0 Å². The predicted molar refractivity (Wildman–Crippen MR) is 98.5 cm³/mol. The second kappa shape index (κ2) is 7.56. The molecular weight excluding hydrogens is 298 g/mol. The Kier molecular flexibility index (Phi) is 5.44. The minimum atomic E-state index is -0.0609. The standard InChI is InChI=1S/C20H31N3O/c1-14(2)13-23-18-5-4-6-19(23)12-17(11-18)22-20(24)21-16-9-7-15(3)8-10-16/h7-10,14,17-19H,4-6,11-13H2,1-3H3,(H2,21,22,24)/p+1/t17?,18-,19+. The lowest BCUT2D eigenvalue weighted by molar-refractivity contribution is -0.963. The van der Waals surface area contributed by atoms with Crippen LogP contribution in [0.1, 0.15) is 51.5 Å². The number of nitrogens with one attached hydrogen (secondary N) is 3. The maximum Gasteiger partial charge on any atom is 0.319 e. The smallest absolute Gasteiger partial charge is 0.319 e. The molecule has 0 aromatic heterocycles. The van der Waals surface area contributed by atoms with E-state index in [1.165, 1.54) is 31.4 Å². The Labute approximate surface area is 146 Å². The molecular formula is C20H32N3O+. The third-order valence-electron chi connectivity index (χ3n) is 5.58. The number of quaternary nitrogens is 1. The molecule has 2 amide bonds. The molecule has 2 bridgehead atoms. The van der Waals surface area contributed by atoms with E-state index in [-0.39, 0.29) is 6.03 Å². The van der Waals surface area contributed by atoms with Crippen LogP contribution in [0, 0.1) is 12.8 Å². The number of amides is 2. The van der Waals surface area contributed by atoms with E-state index in [9.17, 15) is 4.79 Å². The Morgan fingerprint density at radius 3 is 2.38 bits per heavy atom. The Hall–Kier alpha value is -1.55. The maximum atomic E-state index is 12.3. The highest BCUT2D eigenvalue weighted by atomic mass is 16.2. The third kappa shape index (κ3) is 4.29. The average molecular weight is 330 g/mol. The minimum absolute atomic E-state index is 0.0609. The molecule has 3 N–H and O–H groups in total. The third-order valence-corrected chi connectivity index (χ3v) is 5.58. The van der Waals surface area contributed by atoms with Crippen LogP contribution in [0.3, 0.4) is 0 Å². The van der Waals surface area contributed by atoms with Gasteiger partial charge in [0.2, 0.25) is 0 Å². The van der Waals surface area contributed by atoms with Crippen molar-refractivity contribution in [1.82, 2.24) is 5.32 Å². The number of hydrogen-bond donors (Lipinski definition) is 3. The summed E-state index contributed by atoms with van der Waals surface area (Å²) < 4.78 is 0. The van der Waals surface area contributed by atoms with E-state index < -0.39 is 0 Å². The van der Waals surface area contributed by atoms with Crippen molar-refractivity contribution in [3.8, 4) is 0 Å². The van der Waals surface area contributed by atoms with E-state index in [1.807, 2.05) is 24.3 Å². The molecule has 2 aliphatic heterocycles. The fraction of sp³-hybridized carbons (Fsp3) is 0.650. The molecule has 4 nitrogen and oxygen atoms in total. The number of rotatable bonds is 4. The topological polar surface area (TPSA) is 45.6 Å². The van der Waals surface area contributed by atoms with E-state index in [0.717, 1.165) is 36.5 Å². The van der Waals surface area contributed by atoms with Crippen LogP contribution in [0.25, 0.3) is 0 Å². The highest BCUT2D eigenvalue weighted by molar-refractivity contribution is 5.89. The van der Waals surface area contributed by atoms with Gasteiger partial charge in [-0.05, 0) is 38.3 Å². The number of aryl methyl sites for hydroxylation is 1. The van der Waals surface area contributed by atoms with E-state index in [4.69, 9.17) is 0 Å². The maximum absolute atomic E-state index is 12.3. The molecule has 4 heteroatoms. The van der Waals surface area contributed by atoms with Crippen molar-refractivity contribution in [3.05, 3.63) is 29.8 Å². The Morgan fingerprint density at radius 2 is 1.79 bits per heavy atom. The van der Waals surface area contributed by atoms with E-state index in [2.05, 4.69) is 31.4 Å². The largest absolute Gasteiger partial charge is 0.335 e. The molecule has 0 spiro atoms. The van der Waals surface area contributed by atoms with Crippen LogP contribution in [0.15, 0.2) is 24.3 Å². The minimum Gasteiger partial charge on any atom is -0.335 e. The molecule has 0 saturated carbocycles. The number of piperidine rings is 2. The van der Waals surface area contributed by atoms with Crippen molar-refractivity contribution in [2.24, 2.45) is 5.92 Å². The molecule has 2 unspecified atom stereocenters. The quantitative estimate of drug-likeness (QED) is 0.781. The summed E-state index contributed by atoms with van der Waals surface area (Å²) >= 11 is 0. The number of hydrogen-bond acceptors (Lipinski definition) is 1. The summed E-state index contributed by atoms with van der Waals surface area (Å²) in [6, 6.07) is 9.67. The van der Waals surface area contributed by atoms with Crippen LogP contribution in [-0.2, 0) is 0 Å². The van der Waals surface area contributed by atoms with Crippen molar-refractivity contribution in [3.63, 3.8) is 0 Å². The summed E-state index contributed by atoms with van der Waals surface area (Å²) in [4.78, 5) is 14.1. The van der Waals surface area contributed by atoms with Crippen LogP contribution in [0.5, 0.6) is 0 Å². The zero-order valence-corrected chi connectivity index (χ0v) is 15.3. The summed E-state index contributed by atoms with van der Waals surface area (Å²) in [5, 5.41) is 6.19. The first-order chi connectivity index (χ1) is 11.5. The van der Waals surface area contributed by atoms with Crippen molar-refractivity contribution < 1.29 is 9.69 Å². The molecule has 1 aromatic rings. The monoisotopic (exact) mass is 330 g/mol. The summed E-state index contributed by atoms with van der Waals surface area (Å²) in [6.45, 7) is 7.97. The van der Waals surface area contributed by atoms with Gasteiger partial charge < -0.3 is 15.5 Å². The van der Waals surface area contributed by atoms with E-state index in [0.29, 0.717) is 6.04 Å². The first kappa shape index (κ1) is 17.3. The van der Waals surface area contributed by atoms with Gasteiger partial charge in [-0.15, -0.1) is 0 Å². The van der Waals surface area contributed by atoms with Crippen LogP contribution in [0.2, 0.25) is 0 Å². The van der Waals surface area contributed by atoms with Gasteiger partial charge in [-0.2, -0.15) is 0 Å². The van der Waals surface area contributed by atoms with Gasteiger partial charge in [-0.1, -0.05) is 31.5 Å². The fourth-order valence-corrected chi connectivity index (χ4v) is 4.55. The summed E-state index contributed by atoms with van der Waals surface area (Å²) in [7, 11) is 0. The zero-order chi connectivity index (χ0) is 17.1. The van der Waals surface area contributed by atoms with Gasteiger partial charge in [0.1, 0.15) is 0 Å². The van der Waals surface area contributed by atoms with Crippen LogP contribution >= 0.6 is 0 Å². The van der Waals surface area contributed by atoms with Gasteiger partial charge in [0.15, 0.2) is 0 Å². The summed E-state index contributed by atoms with van der Waals surface area (Å²) in [5.74, 6) is 0.748. The van der Waals surface area contributed by atoms with Crippen molar-refractivity contribution in [2.75, 3.05) is 11.9 Å². The SMILES string of the molecule is Cc1ccc(NC(=O)NC2C[C@H]3CCC[C@@H](C2)[NH+]3CC(C)C)cc1. The molecule has 132 valence electrons. The number of anilines is 1. The summed E-state index contributed by atoms with van der Waals surface area (Å²) in [5.41, 5.74) is 2.07. The normalized spacial score (nSPS) is 29.3. The number of benzene rings is 1. The van der Waals surface area contributed by atoms with Crippen LogP contribution in [0.4, 0.5) is 10.5 Å². The first-order valence-electron chi connectivity index (χ1n) is 9.51.